The van der Waals surface area contributed by atoms with Gasteiger partial charge in [-0.3, -0.25) is 0 Å². The average Bonchev–Trinajstić information content (AvgIpc) is 1.81. The molecular weight excluding hydrogens is 156 g/mol. The Balaban J connectivity index is 4.28. The van der Waals surface area contributed by atoms with Gasteiger partial charge in [-0.25, -0.2) is 4.79 Å². The molecule has 0 saturated heterocycles. The second kappa shape index (κ2) is 4.17. The maximum Gasteiger partial charge on any atom is 0.372 e. The van der Waals surface area contributed by atoms with Crippen molar-refractivity contribution in [2.75, 3.05) is 6.61 Å². The van der Waals surface area contributed by atoms with E-state index in [9.17, 15) is 4.79 Å². The van der Waals surface area contributed by atoms with E-state index in [-0.39, 0.29) is 10.8 Å². The van der Waals surface area contributed by atoms with Gasteiger partial charge < -0.3 is 9.84 Å². The molecule has 0 fully saturated rings. The first-order valence-electron chi connectivity index (χ1n) is 2.82. The third-order valence-electron chi connectivity index (χ3n) is 0.796. The van der Waals surface area contributed by atoms with E-state index in [1.807, 2.05) is 0 Å². The molecule has 0 aliphatic heterocycles. The van der Waals surface area contributed by atoms with E-state index in [2.05, 4.69) is 0 Å². The van der Waals surface area contributed by atoms with Crippen LogP contribution in [-0.4, -0.2) is 17.7 Å². The molecule has 0 amide bonds. The Morgan fingerprint density at radius 1 is 1.70 bits per heavy atom. The number of carboxylic acids is 1. The smallest absolute Gasteiger partial charge is 0.372 e. The van der Waals surface area contributed by atoms with Crippen LogP contribution >= 0.6 is 11.6 Å². The maximum atomic E-state index is 10.3. The third kappa shape index (κ3) is 2.73. The number of ether oxygens (including phenoxy) is 1. The fourth-order valence-corrected chi connectivity index (χ4v) is 0.588. The van der Waals surface area contributed by atoms with Crippen molar-refractivity contribution in [2.45, 2.75) is 13.8 Å². The lowest BCUT2D eigenvalue weighted by molar-refractivity contribution is -0.136. The van der Waals surface area contributed by atoms with E-state index in [1.165, 1.54) is 6.92 Å². The van der Waals surface area contributed by atoms with Gasteiger partial charge in [0.2, 0.25) is 5.76 Å². The molecule has 58 valence electrons. The van der Waals surface area contributed by atoms with Crippen LogP contribution in [0.15, 0.2) is 10.8 Å². The number of hydrogen-bond acceptors (Lipinski definition) is 2. The van der Waals surface area contributed by atoms with Gasteiger partial charge in [0.1, 0.15) is 0 Å². The van der Waals surface area contributed by atoms with Crippen molar-refractivity contribution in [2.24, 2.45) is 0 Å². The van der Waals surface area contributed by atoms with Gasteiger partial charge in [0, 0.05) is 0 Å². The lowest BCUT2D eigenvalue weighted by Gasteiger charge is -2.02. The fourth-order valence-electron chi connectivity index (χ4n) is 0.453. The quantitative estimate of drug-likeness (QED) is 0.509. The fraction of sp³-hybridized carbons (Fsp3) is 0.500. The molecule has 4 heteroatoms. The molecular formula is C6H9ClO3. The van der Waals surface area contributed by atoms with Crippen LogP contribution in [0.25, 0.3) is 0 Å². The van der Waals surface area contributed by atoms with Crippen LogP contribution < -0.4 is 0 Å². The van der Waals surface area contributed by atoms with Gasteiger partial charge in [0.15, 0.2) is 0 Å². The summed E-state index contributed by atoms with van der Waals surface area (Å²) >= 11 is 5.39. The number of rotatable bonds is 3. The predicted octanol–water partition coefficient (Wildman–Crippen LogP) is 1.58. The Morgan fingerprint density at radius 3 is 2.30 bits per heavy atom. The van der Waals surface area contributed by atoms with E-state index in [1.54, 1.807) is 6.92 Å². The van der Waals surface area contributed by atoms with Crippen molar-refractivity contribution >= 4 is 17.6 Å². The molecule has 0 aromatic heterocycles. The number of allylic oxidation sites excluding steroid dienone is 1. The molecule has 10 heavy (non-hydrogen) atoms. The topological polar surface area (TPSA) is 46.5 Å². The molecule has 0 aromatic rings. The minimum absolute atomic E-state index is 0.161. The summed E-state index contributed by atoms with van der Waals surface area (Å²) in [4.78, 5) is 10.3. The Bertz CT molecular complexity index is 158. The molecule has 0 aliphatic carbocycles. The molecule has 0 radical (unpaired) electrons. The molecule has 0 bridgehead atoms. The molecule has 0 unspecified atom stereocenters. The minimum Gasteiger partial charge on any atom is -0.486 e. The largest absolute Gasteiger partial charge is 0.486 e. The molecule has 0 atom stereocenters. The van der Waals surface area contributed by atoms with Crippen LogP contribution in [0.3, 0.4) is 0 Å². The maximum absolute atomic E-state index is 10.3. The normalized spacial score (nSPS) is 12.3. The summed E-state index contributed by atoms with van der Waals surface area (Å²) in [5.41, 5.74) is 0. The zero-order chi connectivity index (χ0) is 8.15. The zero-order valence-corrected chi connectivity index (χ0v) is 6.60. The second-order valence-electron chi connectivity index (χ2n) is 1.60. The second-order valence-corrected chi connectivity index (χ2v) is 2.17. The molecule has 0 aliphatic rings. The number of carboxylic acid groups (broad SMARTS) is 1. The number of carbonyl (C=O) groups is 1. The summed E-state index contributed by atoms with van der Waals surface area (Å²) in [6, 6.07) is 0. The summed E-state index contributed by atoms with van der Waals surface area (Å²) in [6.07, 6.45) is 0. The summed E-state index contributed by atoms with van der Waals surface area (Å²) in [5, 5.41) is 8.57. The van der Waals surface area contributed by atoms with E-state index >= 15 is 0 Å². The van der Waals surface area contributed by atoms with Crippen molar-refractivity contribution in [3.63, 3.8) is 0 Å². The number of hydrogen-bond donors (Lipinski definition) is 1. The molecule has 1 N–H and O–H groups in total. The average molecular weight is 165 g/mol. The van der Waals surface area contributed by atoms with Crippen LogP contribution in [-0.2, 0) is 9.53 Å². The van der Waals surface area contributed by atoms with Gasteiger partial charge in [-0.2, -0.15) is 0 Å². The Hall–Kier alpha value is -0.700. The van der Waals surface area contributed by atoms with Gasteiger partial charge in [0.25, 0.3) is 0 Å². The van der Waals surface area contributed by atoms with Crippen molar-refractivity contribution < 1.29 is 14.6 Å². The first-order chi connectivity index (χ1) is 4.59. The first-order valence-corrected chi connectivity index (χ1v) is 3.19. The molecule has 3 nitrogen and oxygen atoms in total. The van der Waals surface area contributed by atoms with Crippen LogP contribution in [0.2, 0.25) is 0 Å². The SMILES string of the molecule is CCOC(C(=O)O)=C(C)Cl. The molecule has 0 rings (SSSR count). The number of halogens is 1. The Labute approximate surface area is 64.2 Å². The van der Waals surface area contributed by atoms with Crippen LogP contribution in [0.1, 0.15) is 13.8 Å². The van der Waals surface area contributed by atoms with Crippen LogP contribution in [0, 0.1) is 0 Å². The van der Waals surface area contributed by atoms with Crippen LogP contribution in [0.5, 0.6) is 0 Å². The van der Waals surface area contributed by atoms with Gasteiger partial charge in [-0.15, -0.1) is 0 Å². The van der Waals surface area contributed by atoms with Crippen molar-refractivity contribution in [3.8, 4) is 0 Å². The molecule has 0 spiro atoms. The summed E-state index contributed by atoms with van der Waals surface area (Å²) in [6.45, 7) is 3.48. The Morgan fingerprint density at radius 2 is 2.20 bits per heavy atom. The zero-order valence-electron chi connectivity index (χ0n) is 5.85. The standard InChI is InChI=1S/C6H9ClO3/c1-3-10-5(4(2)7)6(8)9/h3H2,1-2H3,(H,8,9). The number of aliphatic carboxylic acids is 1. The monoisotopic (exact) mass is 164 g/mol. The van der Waals surface area contributed by atoms with Gasteiger partial charge in [0.05, 0.1) is 11.6 Å². The highest BCUT2D eigenvalue weighted by Crippen LogP contribution is 2.09. The summed E-state index contributed by atoms with van der Waals surface area (Å²) < 4.78 is 4.71. The van der Waals surface area contributed by atoms with Crippen molar-refractivity contribution in [1.29, 1.82) is 0 Å². The van der Waals surface area contributed by atoms with Gasteiger partial charge in [-0.1, -0.05) is 11.6 Å². The minimum atomic E-state index is -1.13. The van der Waals surface area contributed by atoms with E-state index in [0.717, 1.165) is 0 Å². The van der Waals surface area contributed by atoms with Crippen LogP contribution in [0.4, 0.5) is 0 Å². The predicted molar refractivity (Wildman–Crippen MR) is 37.8 cm³/mol. The molecule has 0 aromatic carbocycles. The molecule has 0 heterocycles. The van der Waals surface area contributed by atoms with Gasteiger partial charge in [-0.05, 0) is 13.8 Å². The highest BCUT2D eigenvalue weighted by Gasteiger charge is 2.10. The van der Waals surface area contributed by atoms with E-state index in [0.29, 0.717) is 6.61 Å². The summed E-state index contributed by atoms with van der Waals surface area (Å²) in [7, 11) is 0. The van der Waals surface area contributed by atoms with E-state index < -0.39 is 5.97 Å². The third-order valence-corrected chi connectivity index (χ3v) is 0.967. The van der Waals surface area contributed by atoms with Crippen molar-refractivity contribution in [3.05, 3.63) is 10.8 Å². The molecule has 0 saturated carbocycles. The Kier molecular flexibility index (Phi) is 3.88. The highest BCUT2D eigenvalue weighted by molar-refractivity contribution is 6.30. The first kappa shape index (κ1) is 9.30. The lowest BCUT2D eigenvalue weighted by atomic mass is 10.4. The summed E-state index contributed by atoms with van der Waals surface area (Å²) in [5.74, 6) is -1.31. The lowest BCUT2D eigenvalue weighted by Crippen LogP contribution is -2.05. The van der Waals surface area contributed by atoms with Gasteiger partial charge >= 0.3 is 5.97 Å². The highest BCUT2D eigenvalue weighted by atomic mass is 35.5. The van der Waals surface area contributed by atoms with E-state index in [4.69, 9.17) is 21.4 Å². The van der Waals surface area contributed by atoms with Crippen molar-refractivity contribution in [1.82, 2.24) is 0 Å².